The van der Waals surface area contributed by atoms with E-state index in [1.165, 1.54) is 39.0 Å². The second-order valence-electron chi connectivity index (χ2n) is 7.44. The largest absolute Gasteiger partial charge is 0.480 e. The zero-order valence-corrected chi connectivity index (χ0v) is 16.8. The van der Waals surface area contributed by atoms with Crippen LogP contribution in [0.15, 0.2) is 12.5 Å². The van der Waals surface area contributed by atoms with Crippen molar-refractivity contribution in [1.82, 2.24) is 19.9 Å². The van der Waals surface area contributed by atoms with Crippen LogP contribution in [0.5, 0.6) is 5.88 Å². The highest BCUT2D eigenvalue weighted by molar-refractivity contribution is 5.85. The van der Waals surface area contributed by atoms with Crippen LogP contribution in [0.1, 0.15) is 44.6 Å². The molecular weight excluding hydrogens is 358 g/mol. The summed E-state index contributed by atoms with van der Waals surface area (Å²) in [5.41, 5.74) is 7.76. The molecule has 3 N–H and O–H groups in total. The first kappa shape index (κ1) is 20.5. The van der Waals surface area contributed by atoms with Crippen molar-refractivity contribution in [2.24, 2.45) is 11.7 Å². The van der Waals surface area contributed by atoms with Gasteiger partial charge >= 0.3 is 0 Å². The fourth-order valence-electron chi connectivity index (χ4n) is 3.19. The molecule has 0 unspecified atom stereocenters. The van der Waals surface area contributed by atoms with Crippen LogP contribution >= 0.6 is 0 Å². The normalized spacial score (nSPS) is 16.2. The summed E-state index contributed by atoms with van der Waals surface area (Å²) in [5, 5.41) is 3.64. The molecule has 2 heterocycles. The molecule has 2 aliphatic carbocycles. The topological polar surface area (TPSA) is 104 Å². The Kier molecular flexibility index (Phi) is 7.22. The van der Waals surface area contributed by atoms with Crippen molar-refractivity contribution in [2.45, 2.75) is 58.2 Å². The van der Waals surface area contributed by atoms with E-state index in [9.17, 15) is 4.79 Å². The Hall–Kier alpha value is -2.19. The highest BCUT2D eigenvalue weighted by atomic mass is 16.5. The second-order valence-corrected chi connectivity index (χ2v) is 7.44. The maximum absolute atomic E-state index is 10.4. The number of rotatable bonds is 8. The van der Waals surface area contributed by atoms with Gasteiger partial charge in [0.25, 0.3) is 0 Å². The number of carbonyl (C=O) groups excluding carboxylic acids is 1. The smallest absolute Gasteiger partial charge is 0.226 e. The first-order valence-corrected chi connectivity index (χ1v) is 10.0. The van der Waals surface area contributed by atoms with E-state index in [0.29, 0.717) is 31.7 Å². The first-order valence-electron chi connectivity index (χ1n) is 10.0. The van der Waals surface area contributed by atoms with Gasteiger partial charge in [-0.15, -0.1) is 0 Å². The van der Waals surface area contributed by atoms with E-state index in [1.807, 2.05) is 0 Å². The SMILES string of the molecule is CC(=O)NCCOC1CCC1.COc1ncnc2c1c(CN)cn2CC1CC1. The molecule has 2 aromatic rings. The third-order valence-electron chi connectivity index (χ3n) is 5.14. The van der Waals surface area contributed by atoms with Crippen LogP contribution in [0.3, 0.4) is 0 Å². The Balaban J connectivity index is 0.000000178. The molecule has 4 rings (SSSR count). The van der Waals surface area contributed by atoms with Gasteiger partial charge in [-0.1, -0.05) is 0 Å². The van der Waals surface area contributed by atoms with Crippen molar-refractivity contribution in [3.63, 3.8) is 0 Å². The molecule has 1 amide bonds. The summed E-state index contributed by atoms with van der Waals surface area (Å²) < 4.78 is 12.9. The number of nitrogens with one attached hydrogen (secondary N) is 1. The number of ether oxygens (including phenoxy) is 2. The summed E-state index contributed by atoms with van der Waals surface area (Å²) >= 11 is 0. The summed E-state index contributed by atoms with van der Waals surface area (Å²) in [6, 6.07) is 0. The van der Waals surface area contributed by atoms with Crippen LogP contribution in [-0.2, 0) is 22.6 Å². The molecule has 0 radical (unpaired) electrons. The third-order valence-corrected chi connectivity index (χ3v) is 5.14. The summed E-state index contributed by atoms with van der Waals surface area (Å²) in [6.45, 7) is 4.33. The Bertz CT molecular complexity index is 783. The molecule has 2 saturated carbocycles. The van der Waals surface area contributed by atoms with Crippen LogP contribution < -0.4 is 15.8 Å². The van der Waals surface area contributed by atoms with Gasteiger partial charge < -0.3 is 25.1 Å². The van der Waals surface area contributed by atoms with E-state index in [-0.39, 0.29) is 5.91 Å². The predicted molar refractivity (Wildman–Crippen MR) is 107 cm³/mol. The lowest BCUT2D eigenvalue weighted by molar-refractivity contribution is -0.119. The summed E-state index contributed by atoms with van der Waals surface area (Å²) in [7, 11) is 1.63. The average molecular weight is 390 g/mol. The molecule has 0 aromatic carbocycles. The van der Waals surface area contributed by atoms with E-state index in [4.69, 9.17) is 15.2 Å². The summed E-state index contributed by atoms with van der Waals surface area (Å²) in [6.07, 6.45) is 10.4. The number of hydrogen-bond acceptors (Lipinski definition) is 6. The van der Waals surface area contributed by atoms with Crippen molar-refractivity contribution < 1.29 is 14.3 Å². The van der Waals surface area contributed by atoms with E-state index >= 15 is 0 Å². The molecule has 0 spiro atoms. The van der Waals surface area contributed by atoms with Gasteiger partial charge in [0, 0.05) is 32.8 Å². The van der Waals surface area contributed by atoms with Gasteiger partial charge in [-0.25, -0.2) is 9.97 Å². The molecule has 0 bridgehead atoms. The quantitative estimate of drug-likeness (QED) is 0.669. The molecule has 2 fully saturated rings. The molecule has 8 nitrogen and oxygen atoms in total. The zero-order valence-electron chi connectivity index (χ0n) is 16.8. The van der Waals surface area contributed by atoms with Crippen LogP contribution in [0.4, 0.5) is 0 Å². The lowest BCUT2D eigenvalue weighted by atomic mass is 9.96. The fraction of sp³-hybridized carbons (Fsp3) is 0.650. The number of amides is 1. The molecule has 0 atom stereocenters. The van der Waals surface area contributed by atoms with Gasteiger partial charge in [0.1, 0.15) is 12.0 Å². The maximum atomic E-state index is 10.4. The monoisotopic (exact) mass is 389 g/mol. The Morgan fingerprint density at radius 3 is 2.68 bits per heavy atom. The van der Waals surface area contributed by atoms with Crippen molar-refractivity contribution in [3.8, 4) is 5.88 Å². The van der Waals surface area contributed by atoms with E-state index in [0.717, 1.165) is 29.1 Å². The van der Waals surface area contributed by atoms with Gasteiger partial charge in [-0.05, 0) is 43.6 Å². The van der Waals surface area contributed by atoms with Crippen LogP contribution in [0, 0.1) is 5.92 Å². The summed E-state index contributed by atoms with van der Waals surface area (Å²) in [4.78, 5) is 18.9. The second kappa shape index (κ2) is 9.84. The molecule has 28 heavy (non-hydrogen) atoms. The van der Waals surface area contributed by atoms with Crippen molar-refractivity contribution in [2.75, 3.05) is 20.3 Å². The van der Waals surface area contributed by atoms with Gasteiger partial charge in [-0.3, -0.25) is 4.79 Å². The lowest BCUT2D eigenvalue weighted by Crippen LogP contribution is -2.29. The van der Waals surface area contributed by atoms with Crippen LogP contribution in [0.25, 0.3) is 11.0 Å². The molecule has 2 aromatic heterocycles. The molecule has 8 heteroatoms. The van der Waals surface area contributed by atoms with Crippen molar-refractivity contribution in [3.05, 3.63) is 18.1 Å². The third kappa shape index (κ3) is 5.42. The van der Waals surface area contributed by atoms with Gasteiger partial charge in [0.15, 0.2) is 0 Å². The number of carbonyl (C=O) groups is 1. The minimum absolute atomic E-state index is 0.0159. The standard InChI is InChI=1S/C12H16N4O.C8H15NO2/c1-17-12-10-9(4-13)6-16(5-8-2-3-8)11(10)14-7-15-12;1-7(10)9-5-6-11-8-3-2-4-8/h6-8H,2-5,13H2,1H3;8H,2-6H2,1H3,(H,9,10). The van der Waals surface area contributed by atoms with Gasteiger partial charge in [0.2, 0.25) is 11.8 Å². The number of fused-ring (bicyclic) bond motifs is 1. The molecule has 154 valence electrons. The summed E-state index contributed by atoms with van der Waals surface area (Å²) in [5.74, 6) is 1.43. The fourth-order valence-corrected chi connectivity index (χ4v) is 3.19. The highest BCUT2D eigenvalue weighted by Crippen LogP contribution is 2.34. The first-order chi connectivity index (χ1) is 13.6. The van der Waals surface area contributed by atoms with Gasteiger partial charge in [-0.2, -0.15) is 0 Å². The molecule has 0 aliphatic heterocycles. The van der Waals surface area contributed by atoms with Crippen molar-refractivity contribution >= 4 is 16.9 Å². The number of methoxy groups -OCH3 is 1. The minimum Gasteiger partial charge on any atom is -0.480 e. The van der Waals surface area contributed by atoms with Crippen molar-refractivity contribution in [1.29, 1.82) is 0 Å². The van der Waals surface area contributed by atoms with Crippen LogP contribution in [-0.4, -0.2) is 46.8 Å². The van der Waals surface area contributed by atoms with E-state index < -0.39 is 0 Å². The maximum Gasteiger partial charge on any atom is 0.226 e. The predicted octanol–water partition coefficient (Wildman–Crippen LogP) is 2.00. The molecule has 2 aliphatic rings. The molecule has 0 saturated heterocycles. The number of nitrogens with two attached hydrogens (primary N) is 1. The Labute approximate surface area is 165 Å². The Morgan fingerprint density at radius 2 is 2.11 bits per heavy atom. The van der Waals surface area contributed by atoms with Crippen LogP contribution in [0.2, 0.25) is 0 Å². The van der Waals surface area contributed by atoms with E-state index in [1.54, 1.807) is 13.4 Å². The number of nitrogens with zero attached hydrogens (tertiary/aromatic N) is 3. The van der Waals surface area contributed by atoms with E-state index in [2.05, 4.69) is 26.0 Å². The lowest BCUT2D eigenvalue weighted by Gasteiger charge is -2.25. The highest BCUT2D eigenvalue weighted by Gasteiger charge is 2.24. The Morgan fingerprint density at radius 1 is 1.32 bits per heavy atom. The number of aromatic nitrogens is 3. The minimum atomic E-state index is 0.0159. The molecular formula is C20H31N5O3. The van der Waals surface area contributed by atoms with Gasteiger partial charge in [0.05, 0.1) is 25.2 Å². The number of hydrogen-bond donors (Lipinski definition) is 2. The average Bonchev–Trinajstić information content (AvgIpc) is 3.40. The zero-order chi connectivity index (χ0) is 19.9.